The summed E-state index contributed by atoms with van der Waals surface area (Å²) in [7, 11) is 3.61. The minimum absolute atomic E-state index is 0.697. The molecule has 5 heteroatoms. The van der Waals surface area contributed by atoms with Crippen LogP contribution in [0, 0.1) is 0 Å². The number of fused-ring (bicyclic) bond motifs is 1. The molecule has 5 nitrogen and oxygen atoms in total. The SMILES string of the molecule is COc1cnc2c(N(C)c3ccc(N)cc3)ccnc2c1. The normalized spacial score (nSPS) is 10.6. The van der Waals surface area contributed by atoms with E-state index in [9.17, 15) is 0 Å². The molecule has 3 rings (SSSR count). The van der Waals surface area contributed by atoms with Gasteiger partial charge in [0.15, 0.2) is 0 Å². The summed E-state index contributed by atoms with van der Waals surface area (Å²) < 4.78 is 5.19. The maximum atomic E-state index is 5.73. The van der Waals surface area contributed by atoms with Gasteiger partial charge in [-0.25, -0.2) is 4.98 Å². The summed E-state index contributed by atoms with van der Waals surface area (Å²) in [5, 5.41) is 0. The Morgan fingerprint density at radius 2 is 1.86 bits per heavy atom. The zero-order valence-corrected chi connectivity index (χ0v) is 11.9. The Kier molecular flexibility index (Phi) is 3.31. The Morgan fingerprint density at radius 1 is 1.10 bits per heavy atom. The fourth-order valence-corrected chi connectivity index (χ4v) is 2.22. The summed E-state index contributed by atoms with van der Waals surface area (Å²) in [6, 6.07) is 11.5. The zero-order valence-electron chi connectivity index (χ0n) is 11.9. The number of benzene rings is 1. The molecular formula is C16H16N4O. The number of rotatable bonds is 3. The van der Waals surface area contributed by atoms with Crippen molar-refractivity contribution in [3.63, 3.8) is 0 Å². The zero-order chi connectivity index (χ0) is 14.8. The van der Waals surface area contributed by atoms with E-state index in [0.717, 1.165) is 28.1 Å². The van der Waals surface area contributed by atoms with Crippen molar-refractivity contribution in [2.75, 3.05) is 24.8 Å². The molecule has 2 N–H and O–H groups in total. The van der Waals surface area contributed by atoms with Gasteiger partial charge in [0.05, 0.1) is 24.5 Å². The van der Waals surface area contributed by atoms with Crippen molar-refractivity contribution in [2.24, 2.45) is 0 Å². The summed E-state index contributed by atoms with van der Waals surface area (Å²) in [5.74, 6) is 0.697. The smallest absolute Gasteiger partial charge is 0.139 e. The van der Waals surface area contributed by atoms with Gasteiger partial charge in [0, 0.05) is 30.7 Å². The molecule has 0 aliphatic rings. The van der Waals surface area contributed by atoms with E-state index in [1.54, 1.807) is 19.5 Å². The van der Waals surface area contributed by atoms with E-state index in [0.29, 0.717) is 5.75 Å². The summed E-state index contributed by atoms with van der Waals surface area (Å²) in [6.07, 6.45) is 3.47. The minimum Gasteiger partial charge on any atom is -0.495 e. The number of hydrogen-bond donors (Lipinski definition) is 1. The number of nitrogen functional groups attached to an aromatic ring is 1. The number of ether oxygens (including phenoxy) is 1. The van der Waals surface area contributed by atoms with Gasteiger partial charge >= 0.3 is 0 Å². The number of hydrogen-bond acceptors (Lipinski definition) is 5. The molecule has 0 saturated carbocycles. The van der Waals surface area contributed by atoms with Crippen molar-refractivity contribution in [1.82, 2.24) is 9.97 Å². The van der Waals surface area contributed by atoms with Gasteiger partial charge in [-0.15, -0.1) is 0 Å². The van der Waals surface area contributed by atoms with Gasteiger partial charge < -0.3 is 15.4 Å². The number of anilines is 3. The largest absolute Gasteiger partial charge is 0.495 e. The molecule has 0 saturated heterocycles. The van der Waals surface area contributed by atoms with Crippen LogP contribution in [0.15, 0.2) is 48.8 Å². The van der Waals surface area contributed by atoms with Crippen molar-refractivity contribution in [3.8, 4) is 5.75 Å². The Hall–Kier alpha value is -2.82. The van der Waals surface area contributed by atoms with Gasteiger partial charge in [-0.05, 0) is 30.3 Å². The van der Waals surface area contributed by atoms with E-state index in [1.165, 1.54) is 0 Å². The Morgan fingerprint density at radius 3 is 2.57 bits per heavy atom. The van der Waals surface area contributed by atoms with E-state index in [2.05, 4.69) is 14.9 Å². The molecule has 21 heavy (non-hydrogen) atoms. The van der Waals surface area contributed by atoms with Crippen LogP contribution in [0.3, 0.4) is 0 Å². The highest BCUT2D eigenvalue weighted by atomic mass is 16.5. The molecule has 0 unspecified atom stereocenters. The molecule has 0 amide bonds. The predicted octanol–water partition coefficient (Wildman–Crippen LogP) is 2.99. The first-order valence-corrected chi connectivity index (χ1v) is 6.57. The van der Waals surface area contributed by atoms with E-state index < -0.39 is 0 Å². The van der Waals surface area contributed by atoms with Gasteiger partial charge in [0.25, 0.3) is 0 Å². The van der Waals surface area contributed by atoms with E-state index in [4.69, 9.17) is 10.5 Å². The maximum Gasteiger partial charge on any atom is 0.139 e. The topological polar surface area (TPSA) is 64.3 Å². The first kappa shape index (κ1) is 13.2. The first-order valence-electron chi connectivity index (χ1n) is 6.57. The monoisotopic (exact) mass is 280 g/mol. The van der Waals surface area contributed by atoms with Crippen molar-refractivity contribution in [2.45, 2.75) is 0 Å². The lowest BCUT2D eigenvalue weighted by Gasteiger charge is -2.20. The average Bonchev–Trinajstić information content (AvgIpc) is 2.53. The number of nitrogens with zero attached hydrogens (tertiary/aromatic N) is 3. The highest BCUT2D eigenvalue weighted by Gasteiger charge is 2.10. The summed E-state index contributed by atoms with van der Waals surface area (Å²) in [6.45, 7) is 0. The first-order chi connectivity index (χ1) is 10.2. The summed E-state index contributed by atoms with van der Waals surface area (Å²) >= 11 is 0. The number of pyridine rings is 2. The van der Waals surface area contributed by atoms with Crippen LogP contribution < -0.4 is 15.4 Å². The molecular weight excluding hydrogens is 264 g/mol. The number of nitrogens with two attached hydrogens (primary N) is 1. The lowest BCUT2D eigenvalue weighted by Crippen LogP contribution is -2.10. The van der Waals surface area contributed by atoms with Crippen LogP contribution in [0.4, 0.5) is 17.1 Å². The number of aromatic nitrogens is 2. The molecule has 0 bridgehead atoms. The molecule has 0 aliphatic heterocycles. The molecule has 1 aromatic carbocycles. The Bertz CT molecular complexity index is 771. The van der Waals surface area contributed by atoms with Crippen LogP contribution >= 0.6 is 0 Å². The standard InChI is InChI=1S/C16H16N4O/c1-20(12-5-3-11(17)4-6-12)15-7-8-18-14-9-13(21-2)10-19-16(14)15/h3-10H,17H2,1-2H3. The van der Waals surface area contributed by atoms with Crippen molar-refractivity contribution < 1.29 is 4.74 Å². The Balaban J connectivity index is 2.09. The molecule has 0 spiro atoms. The predicted molar refractivity (Wildman–Crippen MR) is 85.0 cm³/mol. The van der Waals surface area contributed by atoms with Crippen LogP contribution in [0.25, 0.3) is 11.0 Å². The van der Waals surface area contributed by atoms with Gasteiger partial charge in [0.2, 0.25) is 0 Å². The highest BCUT2D eigenvalue weighted by molar-refractivity contribution is 5.90. The Labute approximate surface area is 123 Å². The van der Waals surface area contributed by atoms with E-state index >= 15 is 0 Å². The quantitative estimate of drug-likeness (QED) is 0.747. The third-order valence-electron chi connectivity index (χ3n) is 3.41. The third-order valence-corrected chi connectivity index (χ3v) is 3.41. The molecule has 2 heterocycles. The molecule has 0 atom stereocenters. The number of methoxy groups -OCH3 is 1. The second kappa shape index (κ2) is 5.28. The van der Waals surface area contributed by atoms with Gasteiger partial charge in [0.1, 0.15) is 11.3 Å². The molecule has 2 aromatic heterocycles. The fourth-order valence-electron chi connectivity index (χ4n) is 2.22. The second-order valence-corrected chi connectivity index (χ2v) is 4.72. The average molecular weight is 280 g/mol. The van der Waals surface area contributed by atoms with Crippen LogP contribution in [0.2, 0.25) is 0 Å². The van der Waals surface area contributed by atoms with Crippen molar-refractivity contribution in [1.29, 1.82) is 0 Å². The maximum absolute atomic E-state index is 5.73. The summed E-state index contributed by atoms with van der Waals surface area (Å²) in [5.41, 5.74) is 10.1. The summed E-state index contributed by atoms with van der Waals surface area (Å²) in [4.78, 5) is 10.9. The molecule has 106 valence electrons. The van der Waals surface area contributed by atoms with Crippen LogP contribution in [0.5, 0.6) is 5.75 Å². The molecule has 0 fully saturated rings. The second-order valence-electron chi connectivity index (χ2n) is 4.72. The van der Waals surface area contributed by atoms with E-state index in [-0.39, 0.29) is 0 Å². The van der Waals surface area contributed by atoms with Gasteiger partial charge in [-0.2, -0.15) is 0 Å². The van der Waals surface area contributed by atoms with Crippen LogP contribution in [-0.4, -0.2) is 24.1 Å². The molecule has 3 aromatic rings. The van der Waals surface area contributed by atoms with Gasteiger partial charge in [-0.1, -0.05) is 0 Å². The molecule has 0 aliphatic carbocycles. The highest BCUT2D eigenvalue weighted by Crippen LogP contribution is 2.30. The lowest BCUT2D eigenvalue weighted by molar-refractivity contribution is 0.413. The lowest BCUT2D eigenvalue weighted by atomic mass is 10.2. The van der Waals surface area contributed by atoms with Crippen LogP contribution in [0.1, 0.15) is 0 Å². The van der Waals surface area contributed by atoms with Crippen molar-refractivity contribution >= 4 is 28.1 Å². The van der Waals surface area contributed by atoms with Gasteiger partial charge in [-0.3, -0.25) is 4.98 Å². The fraction of sp³-hybridized carbons (Fsp3) is 0.125. The molecule has 0 radical (unpaired) electrons. The third kappa shape index (κ3) is 2.45. The minimum atomic E-state index is 0.697. The van der Waals surface area contributed by atoms with E-state index in [1.807, 2.05) is 43.4 Å². The van der Waals surface area contributed by atoms with Crippen LogP contribution in [-0.2, 0) is 0 Å². The van der Waals surface area contributed by atoms with Crippen molar-refractivity contribution in [3.05, 3.63) is 48.8 Å².